The smallest absolute Gasteiger partial charge is 0.354 e. The normalized spacial score (nSPS) is 11.8. The molecule has 0 aliphatic rings. The van der Waals surface area contributed by atoms with Gasteiger partial charge in [0.15, 0.2) is 0 Å². The lowest BCUT2D eigenvalue weighted by Gasteiger charge is -2.12. The molecule has 7 nitrogen and oxygen atoms in total. The van der Waals surface area contributed by atoms with Gasteiger partial charge in [-0.05, 0) is 19.1 Å². The maximum absolute atomic E-state index is 12.0. The number of aromatic amines is 1. The molecule has 0 aliphatic heterocycles. The molecule has 2 aromatic heterocycles. The average molecular weight is 260 g/mol. The number of carbonyl (C=O) groups excluding carboxylic acids is 1. The topological polar surface area (TPSA) is 108 Å². The lowest BCUT2D eigenvalue weighted by molar-refractivity contribution is 0.0690. The number of aromatic nitrogens is 3. The third kappa shape index (κ3) is 2.95. The molecule has 0 aliphatic carbocycles. The molecule has 2 rings (SSSR count). The summed E-state index contributed by atoms with van der Waals surface area (Å²) in [6, 6.07) is 2.47. The van der Waals surface area contributed by atoms with Crippen LogP contribution in [0.3, 0.4) is 0 Å². The summed E-state index contributed by atoms with van der Waals surface area (Å²) in [6.45, 7) is 1.81. The molecule has 2 heterocycles. The highest BCUT2D eigenvalue weighted by atomic mass is 16.4. The van der Waals surface area contributed by atoms with Crippen molar-refractivity contribution in [2.75, 3.05) is 0 Å². The lowest BCUT2D eigenvalue weighted by Crippen LogP contribution is -2.26. The first-order chi connectivity index (χ1) is 9.08. The van der Waals surface area contributed by atoms with Gasteiger partial charge in [0.05, 0.1) is 12.2 Å². The number of nitrogens with one attached hydrogen (secondary N) is 2. The van der Waals surface area contributed by atoms with E-state index in [1.54, 1.807) is 12.4 Å². The standard InChI is InChI=1S/C12H12N4O3/c1-7(9-5-14-15-6-9)16-11(17)8-2-3-13-10(4-8)12(18)19/h2-7H,1H3,(H,14,15)(H,16,17)(H,18,19). The Hall–Kier alpha value is -2.70. The van der Waals surface area contributed by atoms with Crippen molar-refractivity contribution in [1.29, 1.82) is 0 Å². The number of nitrogens with zero attached hydrogens (tertiary/aromatic N) is 2. The number of hydrogen-bond donors (Lipinski definition) is 3. The highest BCUT2D eigenvalue weighted by molar-refractivity contribution is 5.96. The van der Waals surface area contributed by atoms with Crippen LogP contribution in [0, 0.1) is 0 Å². The molecule has 0 fully saturated rings. The Kier molecular flexibility index (Phi) is 3.56. The van der Waals surface area contributed by atoms with E-state index in [4.69, 9.17) is 5.11 Å². The predicted molar refractivity (Wildman–Crippen MR) is 65.7 cm³/mol. The summed E-state index contributed by atoms with van der Waals surface area (Å²) >= 11 is 0. The van der Waals surface area contributed by atoms with Gasteiger partial charge in [-0.2, -0.15) is 5.10 Å². The number of H-pyrrole nitrogens is 1. The zero-order valence-corrected chi connectivity index (χ0v) is 10.1. The molecule has 0 aromatic carbocycles. The maximum atomic E-state index is 12.0. The lowest BCUT2D eigenvalue weighted by atomic mass is 10.1. The van der Waals surface area contributed by atoms with E-state index >= 15 is 0 Å². The SMILES string of the molecule is CC(NC(=O)c1ccnc(C(=O)O)c1)c1cn[nH]c1. The fraction of sp³-hybridized carbons (Fsp3) is 0.167. The summed E-state index contributed by atoms with van der Waals surface area (Å²) in [5.74, 6) is -1.53. The molecular weight excluding hydrogens is 248 g/mol. The molecule has 1 atom stereocenters. The second kappa shape index (κ2) is 5.30. The van der Waals surface area contributed by atoms with Crippen molar-refractivity contribution < 1.29 is 14.7 Å². The Morgan fingerprint density at radius 2 is 2.26 bits per heavy atom. The third-order valence-corrected chi connectivity index (χ3v) is 2.61. The van der Waals surface area contributed by atoms with Gasteiger partial charge in [-0.25, -0.2) is 9.78 Å². The molecule has 3 N–H and O–H groups in total. The molecule has 7 heteroatoms. The van der Waals surface area contributed by atoms with E-state index in [2.05, 4.69) is 20.5 Å². The minimum absolute atomic E-state index is 0.163. The van der Waals surface area contributed by atoms with Crippen LogP contribution in [0.4, 0.5) is 0 Å². The molecular formula is C12H12N4O3. The van der Waals surface area contributed by atoms with Gasteiger partial charge in [-0.3, -0.25) is 9.89 Å². The monoisotopic (exact) mass is 260 g/mol. The second-order valence-electron chi connectivity index (χ2n) is 3.96. The van der Waals surface area contributed by atoms with Gasteiger partial charge in [0.2, 0.25) is 0 Å². The number of carboxylic acids is 1. The Balaban J connectivity index is 2.12. The Morgan fingerprint density at radius 1 is 1.47 bits per heavy atom. The van der Waals surface area contributed by atoms with Gasteiger partial charge in [0, 0.05) is 23.5 Å². The van der Waals surface area contributed by atoms with Crippen LogP contribution in [0.2, 0.25) is 0 Å². The van der Waals surface area contributed by atoms with Gasteiger partial charge in [-0.15, -0.1) is 0 Å². The van der Waals surface area contributed by atoms with E-state index < -0.39 is 5.97 Å². The minimum atomic E-state index is -1.17. The van der Waals surface area contributed by atoms with Gasteiger partial charge >= 0.3 is 5.97 Å². The van der Waals surface area contributed by atoms with E-state index in [1.165, 1.54) is 18.3 Å². The maximum Gasteiger partial charge on any atom is 0.354 e. The summed E-state index contributed by atoms with van der Waals surface area (Å²) in [5, 5.41) is 18.0. The second-order valence-corrected chi connectivity index (χ2v) is 3.96. The zero-order chi connectivity index (χ0) is 13.8. The van der Waals surface area contributed by atoms with Crippen molar-refractivity contribution in [3.05, 3.63) is 47.5 Å². The summed E-state index contributed by atoms with van der Waals surface area (Å²) in [5.41, 5.74) is 0.923. The number of rotatable bonds is 4. The van der Waals surface area contributed by atoms with Crippen molar-refractivity contribution >= 4 is 11.9 Å². The minimum Gasteiger partial charge on any atom is -0.477 e. The molecule has 0 radical (unpaired) electrons. The molecule has 2 aromatic rings. The van der Waals surface area contributed by atoms with Crippen LogP contribution < -0.4 is 5.32 Å². The van der Waals surface area contributed by atoms with Crippen molar-refractivity contribution in [3.63, 3.8) is 0 Å². The molecule has 98 valence electrons. The molecule has 0 bridgehead atoms. The Labute approximate surface area is 108 Å². The van der Waals surface area contributed by atoms with Crippen molar-refractivity contribution in [3.8, 4) is 0 Å². The summed E-state index contributed by atoms with van der Waals surface area (Å²) in [7, 11) is 0. The number of aromatic carboxylic acids is 1. The molecule has 0 saturated carbocycles. The van der Waals surface area contributed by atoms with Crippen LogP contribution >= 0.6 is 0 Å². The van der Waals surface area contributed by atoms with E-state index in [0.29, 0.717) is 0 Å². The van der Waals surface area contributed by atoms with Crippen LogP contribution in [0.1, 0.15) is 39.4 Å². The van der Waals surface area contributed by atoms with Crippen LogP contribution in [0.5, 0.6) is 0 Å². The average Bonchev–Trinajstić information content (AvgIpc) is 2.92. The first-order valence-electron chi connectivity index (χ1n) is 5.57. The van der Waals surface area contributed by atoms with Gasteiger partial charge in [0.25, 0.3) is 5.91 Å². The van der Waals surface area contributed by atoms with Gasteiger partial charge in [0.1, 0.15) is 5.69 Å². The van der Waals surface area contributed by atoms with E-state index in [0.717, 1.165) is 5.56 Å². The quantitative estimate of drug-likeness (QED) is 0.759. The predicted octanol–water partition coefficient (Wildman–Crippen LogP) is 0.994. The first kappa shape index (κ1) is 12.7. The fourth-order valence-electron chi connectivity index (χ4n) is 1.55. The third-order valence-electron chi connectivity index (χ3n) is 2.61. The van der Waals surface area contributed by atoms with Crippen LogP contribution in [0.25, 0.3) is 0 Å². The summed E-state index contributed by atoms with van der Waals surface area (Å²) in [4.78, 5) is 26.4. The number of carboxylic acid groups (broad SMARTS) is 1. The largest absolute Gasteiger partial charge is 0.477 e. The summed E-state index contributed by atoms with van der Waals surface area (Å²) in [6.07, 6.45) is 4.58. The van der Waals surface area contributed by atoms with E-state index in [9.17, 15) is 9.59 Å². The van der Waals surface area contributed by atoms with Gasteiger partial charge in [-0.1, -0.05) is 0 Å². The number of pyridine rings is 1. The van der Waals surface area contributed by atoms with Crippen LogP contribution in [-0.4, -0.2) is 32.2 Å². The van der Waals surface area contributed by atoms with Crippen molar-refractivity contribution in [2.24, 2.45) is 0 Å². The Bertz CT molecular complexity index is 595. The van der Waals surface area contributed by atoms with E-state index in [1.807, 2.05) is 6.92 Å². The van der Waals surface area contributed by atoms with Crippen molar-refractivity contribution in [2.45, 2.75) is 13.0 Å². The summed E-state index contributed by atoms with van der Waals surface area (Å²) < 4.78 is 0. The number of hydrogen-bond acceptors (Lipinski definition) is 4. The molecule has 1 amide bonds. The Morgan fingerprint density at radius 3 is 2.89 bits per heavy atom. The molecule has 0 spiro atoms. The number of amides is 1. The molecule has 0 saturated heterocycles. The zero-order valence-electron chi connectivity index (χ0n) is 10.1. The first-order valence-corrected chi connectivity index (χ1v) is 5.57. The van der Waals surface area contributed by atoms with Crippen LogP contribution in [0.15, 0.2) is 30.7 Å². The highest BCUT2D eigenvalue weighted by Gasteiger charge is 2.14. The van der Waals surface area contributed by atoms with Crippen LogP contribution in [-0.2, 0) is 0 Å². The molecule has 19 heavy (non-hydrogen) atoms. The number of carbonyl (C=O) groups is 2. The van der Waals surface area contributed by atoms with Gasteiger partial charge < -0.3 is 10.4 Å². The van der Waals surface area contributed by atoms with E-state index in [-0.39, 0.29) is 23.2 Å². The molecule has 1 unspecified atom stereocenters. The highest BCUT2D eigenvalue weighted by Crippen LogP contribution is 2.11. The fourth-order valence-corrected chi connectivity index (χ4v) is 1.55. The van der Waals surface area contributed by atoms with Crippen molar-refractivity contribution in [1.82, 2.24) is 20.5 Å².